The molecule has 3 heterocycles. The standard InChI is InChI=1S/C19H23F2N5O2S.C4H8/c1-3-6-23-13-8-11(16(20)21)12(9-24-13)15-14(25-18(29-15)17(22)27)19(28)26-7-4-5-10(26)2;1-2-4-3-1/h8-10,16H,3-7H2,1-2H3,(H2,22,27)(H,23,24);1-4H2. The predicted octanol–water partition coefficient (Wildman–Crippen LogP) is 5.25. The van der Waals surface area contributed by atoms with E-state index in [4.69, 9.17) is 5.73 Å². The molecule has 2 amide bonds. The SMILES string of the molecule is C1CCC1.CCCNc1cc(C(F)F)c(-c2sc(C(N)=O)nc2C(=O)N2CCCC2C)cn1. The van der Waals surface area contributed by atoms with Gasteiger partial charge in [-0.15, -0.1) is 11.3 Å². The smallest absolute Gasteiger partial charge is 0.277 e. The molecule has 1 saturated heterocycles. The minimum atomic E-state index is -2.79. The third-order valence-corrected chi connectivity index (χ3v) is 6.93. The number of alkyl halides is 2. The van der Waals surface area contributed by atoms with Gasteiger partial charge in [-0.25, -0.2) is 18.7 Å². The van der Waals surface area contributed by atoms with E-state index in [1.54, 1.807) is 4.90 Å². The molecule has 1 atom stereocenters. The second-order valence-corrected chi connectivity index (χ2v) is 9.35. The molecule has 0 aromatic carbocycles. The van der Waals surface area contributed by atoms with Gasteiger partial charge in [0.1, 0.15) is 11.5 Å². The van der Waals surface area contributed by atoms with Crippen LogP contribution in [0.25, 0.3) is 10.4 Å². The molecule has 3 N–H and O–H groups in total. The normalized spacial score (nSPS) is 17.4. The van der Waals surface area contributed by atoms with E-state index in [0.717, 1.165) is 30.6 Å². The van der Waals surface area contributed by atoms with Crippen molar-refractivity contribution in [2.24, 2.45) is 5.73 Å². The van der Waals surface area contributed by atoms with Crippen LogP contribution in [-0.4, -0.2) is 45.8 Å². The van der Waals surface area contributed by atoms with E-state index in [-0.39, 0.29) is 38.7 Å². The summed E-state index contributed by atoms with van der Waals surface area (Å²) in [5.74, 6) is -0.869. The Bertz CT molecular complexity index is 974. The van der Waals surface area contributed by atoms with E-state index in [0.29, 0.717) is 18.9 Å². The van der Waals surface area contributed by atoms with Gasteiger partial charge < -0.3 is 16.0 Å². The van der Waals surface area contributed by atoms with Crippen LogP contribution in [0.1, 0.15) is 91.1 Å². The molecule has 0 bridgehead atoms. The first-order valence-corrected chi connectivity index (χ1v) is 12.3. The topological polar surface area (TPSA) is 101 Å². The molecule has 0 radical (unpaired) electrons. The number of hydrogen-bond acceptors (Lipinski definition) is 6. The number of nitrogens with one attached hydrogen (secondary N) is 1. The second kappa shape index (κ2) is 11.5. The van der Waals surface area contributed by atoms with Crippen molar-refractivity contribution in [3.8, 4) is 10.4 Å². The Morgan fingerprint density at radius 2 is 1.97 bits per heavy atom. The lowest BCUT2D eigenvalue weighted by Gasteiger charge is -2.21. The number of pyridine rings is 1. The average Bonchev–Trinajstić information content (AvgIpc) is 3.37. The number of amides is 2. The maximum atomic E-state index is 13.8. The Morgan fingerprint density at radius 1 is 1.27 bits per heavy atom. The van der Waals surface area contributed by atoms with Crippen LogP contribution in [0.4, 0.5) is 14.6 Å². The van der Waals surface area contributed by atoms with Crippen LogP contribution < -0.4 is 11.1 Å². The third kappa shape index (κ3) is 6.04. The van der Waals surface area contributed by atoms with E-state index < -0.39 is 12.3 Å². The third-order valence-electron chi connectivity index (χ3n) is 5.83. The molecular formula is C23H31F2N5O2S. The van der Waals surface area contributed by atoms with Gasteiger partial charge in [0.05, 0.1) is 4.88 Å². The average molecular weight is 480 g/mol. The van der Waals surface area contributed by atoms with Crippen LogP contribution in [0.2, 0.25) is 0 Å². The van der Waals surface area contributed by atoms with Crippen LogP contribution in [0, 0.1) is 0 Å². The number of anilines is 1. The van der Waals surface area contributed by atoms with Gasteiger partial charge in [-0.1, -0.05) is 32.6 Å². The van der Waals surface area contributed by atoms with E-state index in [2.05, 4.69) is 15.3 Å². The summed E-state index contributed by atoms with van der Waals surface area (Å²) in [5, 5.41) is 2.88. The molecule has 1 saturated carbocycles. The Kier molecular flexibility index (Phi) is 8.71. The maximum Gasteiger partial charge on any atom is 0.277 e. The van der Waals surface area contributed by atoms with E-state index in [1.807, 2.05) is 13.8 Å². The fourth-order valence-corrected chi connectivity index (χ4v) is 4.51. The fraction of sp³-hybridized carbons (Fsp3) is 0.565. The summed E-state index contributed by atoms with van der Waals surface area (Å²) in [5.41, 5.74) is 5.12. The number of rotatable bonds is 7. The molecule has 2 aliphatic rings. The Morgan fingerprint density at radius 3 is 2.48 bits per heavy atom. The highest BCUT2D eigenvalue weighted by Crippen LogP contribution is 2.38. The van der Waals surface area contributed by atoms with Crippen molar-refractivity contribution >= 4 is 29.0 Å². The number of hydrogen-bond donors (Lipinski definition) is 2. The summed E-state index contributed by atoms with van der Waals surface area (Å²) in [7, 11) is 0. The second-order valence-electron chi connectivity index (χ2n) is 8.35. The molecule has 0 spiro atoms. The van der Waals surface area contributed by atoms with Gasteiger partial charge in [0.15, 0.2) is 5.01 Å². The minimum Gasteiger partial charge on any atom is -0.370 e. The van der Waals surface area contributed by atoms with Gasteiger partial charge in [-0.2, -0.15) is 0 Å². The minimum absolute atomic E-state index is 0.0161. The zero-order chi connectivity index (χ0) is 24.0. The van der Waals surface area contributed by atoms with Crippen LogP contribution in [0.15, 0.2) is 12.3 Å². The van der Waals surface area contributed by atoms with Crippen molar-refractivity contribution in [1.29, 1.82) is 0 Å². The highest BCUT2D eigenvalue weighted by molar-refractivity contribution is 7.17. The molecule has 1 aliphatic carbocycles. The number of nitrogens with two attached hydrogens (primary N) is 1. The van der Waals surface area contributed by atoms with E-state index in [9.17, 15) is 18.4 Å². The van der Waals surface area contributed by atoms with Crippen molar-refractivity contribution in [3.05, 3.63) is 28.5 Å². The molecule has 2 aromatic heterocycles. The molecule has 1 aliphatic heterocycles. The first kappa shape index (κ1) is 25.0. The van der Waals surface area contributed by atoms with Crippen LogP contribution in [-0.2, 0) is 0 Å². The highest BCUT2D eigenvalue weighted by atomic mass is 32.1. The van der Waals surface area contributed by atoms with Crippen molar-refractivity contribution in [2.75, 3.05) is 18.4 Å². The van der Waals surface area contributed by atoms with Gasteiger partial charge >= 0.3 is 0 Å². The zero-order valence-corrected chi connectivity index (χ0v) is 19.9. The number of thiazole rings is 1. The molecular weight excluding hydrogens is 448 g/mol. The summed E-state index contributed by atoms with van der Waals surface area (Å²) < 4.78 is 27.6. The van der Waals surface area contributed by atoms with Crippen LogP contribution in [0.3, 0.4) is 0 Å². The first-order chi connectivity index (χ1) is 15.8. The van der Waals surface area contributed by atoms with E-state index in [1.165, 1.54) is 37.9 Å². The lowest BCUT2D eigenvalue weighted by atomic mass is 10.0. The molecule has 10 heteroatoms. The summed E-state index contributed by atoms with van der Waals surface area (Å²) in [6.45, 7) is 5.03. The highest BCUT2D eigenvalue weighted by Gasteiger charge is 2.32. The largest absolute Gasteiger partial charge is 0.370 e. The summed E-state index contributed by atoms with van der Waals surface area (Å²) in [4.78, 5) is 34.9. The lowest BCUT2D eigenvalue weighted by Crippen LogP contribution is -2.34. The van der Waals surface area contributed by atoms with Gasteiger partial charge in [0, 0.05) is 36.5 Å². The van der Waals surface area contributed by atoms with Crippen LogP contribution >= 0.6 is 11.3 Å². The molecule has 33 heavy (non-hydrogen) atoms. The zero-order valence-electron chi connectivity index (χ0n) is 19.1. The van der Waals surface area contributed by atoms with Gasteiger partial charge in [-0.3, -0.25) is 9.59 Å². The summed E-state index contributed by atoms with van der Waals surface area (Å²) in [6, 6.07) is 1.29. The number of nitrogens with zero attached hydrogens (tertiary/aromatic N) is 3. The van der Waals surface area contributed by atoms with Crippen molar-refractivity contribution in [2.45, 2.75) is 71.3 Å². The first-order valence-electron chi connectivity index (χ1n) is 11.5. The quantitative estimate of drug-likeness (QED) is 0.565. The van der Waals surface area contributed by atoms with Crippen LogP contribution in [0.5, 0.6) is 0 Å². The molecule has 180 valence electrons. The number of carbonyl (C=O) groups excluding carboxylic acids is 2. The molecule has 4 rings (SSSR count). The van der Waals surface area contributed by atoms with Crippen molar-refractivity contribution < 1.29 is 18.4 Å². The van der Waals surface area contributed by atoms with Gasteiger partial charge in [0.2, 0.25) is 0 Å². The van der Waals surface area contributed by atoms with E-state index >= 15 is 0 Å². The molecule has 2 fully saturated rings. The monoisotopic (exact) mass is 479 g/mol. The Labute approximate surface area is 196 Å². The number of likely N-dealkylation sites (tertiary alicyclic amines) is 1. The van der Waals surface area contributed by atoms with Gasteiger partial charge in [0.25, 0.3) is 18.2 Å². The number of carbonyl (C=O) groups is 2. The molecule has 1 unspecified atom stereocenters. The predicted molar refractivity (Wildman–Crippen MR) is 126 cm³/mol. The number of primary amides is 1. The fourth-order valence-electron chi connectivity index (χ4n) is 3.56. The molecule has 7 nitrogen and oxygen atoms in total. The lowest BCUT2D eigenvalue weighted by molar-refractivity contribution is 0.0743. The molecule has 2 aromatic rings. The summed E-state index contributed by atoms with van der Waals surface area (Å²) in [6.07, 6.45) is 7.04. The van der Waals surface area contributed by atoms with Crippen molar-refractivity contribution in [1.82, 2.24) is 14.9 Å². The Hall–Kier alpha value is -2.62. The Balaban J connectivity index is 0.000000690. The summed E-state index contributed by atoms with van der Waals surface area (Å²) >= 11 is 0.837. The number of aromatic nitrogens is 2. The van der Waals surface area contributed by atoms with Gasteiger partial charge in [-0.05, 0) is 32.3 Å². The maximum absolute atomic E-state index is 13.8. The van der Waals surface area contributed by atoms with Crippen molar-refractivity contribution in [3.63, 3.8) is 0 Å². The number of halogens is 2.